The summed E-state index contributed by atoms with van der Waals surface area (Å²) >= 11 is 0. The summed E-state index contributed by atoms with van der Waals surface area (Å²) in [6, 6.07) is 0. The molecule has 6 heteroatoms. The summed E-state index contributed by atoms with van der Waals surface area (Å²) in [4.78, 5) is 38.4. The lowest BCUT2D eigenvalue weighted by Crippen LogP contribution is -2.30. The minimum atomic E-state index is -0.764. The van der Waals surface area contributed by atoms with E-state index in [0.717, 1.165) is 69.6 Å². The van der Waals surface area contributed by atoms with Crippen molar-refractivity contribution in [1.82, 2.24) is 0 Å². The molecule has 76 heavy (non-hydrogen) atoms. The molecule has 0 aliphatic heterocycles. The molecular weight excluding hydrogens is 937 g/mol. The first-order chi connectivity index (χ1) is 37.2. The van der Waals surface area contributed by atoms with E-state index in [1.807, 2.05) is 0 Å². The maximum Gasteiger partial charge on any atom is 0.306 e. The highest BCUT2D eigenvalue weighted by Crippen LogP contribution is 2.20. The van der Waals surface area contributed by atoms with E-state index in [4.69, 9.17) is 14.2 Å². The molecule has 0 heterocycles. The number of hydrogen-bond acceptors (Lipinski definition) is 6. The summed E-state index contributed by atoms with van der Waals surface area (Å²) in [6.07, 6.45) is 71.2. The normalized spacial score (nSPS) is 12.0. The zero-order chi connectivity index (χ0) is 55.3. The lowest BCUT2D eigenvalue weighted by molar-refractivity contribution is -0.167. The SMILES string of the molecule is CCCCCCCCCCCCCCCCCCC(=O)OC[C@@H](COC(=O)CCCCCCCCCCCCCCCCCCCCC(C)C)OC(=O)CCCCCCCCCCCCCCCCCCCCC(C)C. The fourth-order valence-corrected chi connectivity index (χ4v) is 11.0. The fraction of sp³-hybridized carbons (Fsp3) is 0.957. The van der Waals surface area contributed by atoms with Crippen LogP contribution in [0.15, 0.2) is 0 Å². The van der Waals surface area contributed by atoms with E-state index in [1.54, 1.807) is 0 Å². The van der Waals surface area contributed by atoms with Crippen molar-refractivity contribution < 1.29 is 28.6 Å². The van der Waals surface area contributed by atoms with Crippen LogP contribution in [0.4, 0.5) is 0 Å². The summed E-state index contributed by atoms with van der Waals surface area (Å²) in [5.41, 5.74) is 0. The van der Waals surface area contributed by atoms with Crippen LogP contribution in [0.5, 0.6) is 0 Å². The van der Waals surface area contributed by atoms with Crippen LogP contribution in [-0.2, 0) is 28.6 Å². The summed E-state index contributed by atoms with van der Waals surface area (Å²) in [5.74, 6) is 0.893. The van der Waals surface area contributed by atoms with E-state index >= 15 is 0 Å². The van der Waals surface area contributed by atoms with Gasteiger partial charge in [-0.3, -0.25) is 14.4 Å². The lowest BCUT2D eigenvalue weighted by Gasteiger charge is -2.18. The maximum absolute atomic E-state index is 13.0. The van der Waals surface area contributed by atoms with Crippen LogP contribution in [0, 0.1) is 11.8 Å². The maximum atomic E-state index is 13.0. The van der Waals surface area contributed by atoms with Crippen molar-refractivity contribution >= 4 is 17.9 Å². The fourth-order valence-electron chi connectivity index (χ4n) is 11.0. The predicted octanol–water partition coefficient (Wildman–Crippen LogP) is 23.6. The molecule has 1 atom stereocenters. The molecule has 452 valence electrons. The van der Waals surface area contributed by atoms with E-state index in [9.17, 15) is 14.4 Å². The van der Waals surface area contributed by atoms with Crippen molar-refractivity contribution in [3.63, 3.8) is 0 Å². The Labute approximate surface area is 476 Å². The molecule has 0 amide bonds. The first kappa shape index (κ1) is 74.4. The van der Waals surface area contributed by atoms with Crippen molar-refractivity contribution in [3.05, 3.63) is 0 Å². The van der Waals surface area contributed by atoms with Gasteiger partial charge in [-0.1, -0.05) is 362 Å². The van der Waals surface area contributed by atoms with Gasteiger partial charge in [0.05, 0.1) is 0 Å². The molecule has 0 spiro atoms. The van der Waals surface area contributed by atoms with Gasteiger partial charge < -0.3 is 14.2 Å². The van der Waals surface area contributed by atoms with Crippen molar-refractivity contribution in [1.29, 1.82) is 0 Å². The summed E-state index contributed by atoms with van der Waals surface area (Å²) < 4.78 is 17.0. The highest BCUT2D eigenvalue weighted by Gasteiger charge is 2.20. The molecule has 0 radical (unpaired) electrons. The third-order valence-electron chi connectivity index (χ3n) is 16.2. The predicted molar refractivity (Wildman–Crippen MR) is 330 cm³/mol. The molecule has 0 aliphatic rings. The first-order valence-corrected chi connectivity index (χ1v) is 34.7. The molecule has 0 N–H and O–H groups in total. The molecule has 6 nitrogen and oxygen atoms in total. The van der Waals surface area contributed by atoms with Crippen LogP contribution in [-0.4, -0.2) is 37.2 Å². The molecule has 0 aromatic heterocycles. The summed E-state index contributed by atoms with van der Waals surface area (Å²) in [6.45, 7) is 11.5. The highest BCUT2D eigenvalue weighted by molar-refractivity contribution is 5.71. The van der Waals surface area contributed by atoms with Crippen LogP contribution in [0.1, 0.15) is 401 Å². The minimum Gasteiger partial charge on any atom is -0.462 e. The number of esters is 3. The lowest BCUT2D eigenvalue weighted by atomic mass is 10.0. The van der Waals surface area contributed by atoms with Crippen molar-refractivity contribution in [3.8, 4) is 0 Å². The van der Waals surface area contributed by atoms with Crippen LogP contribution in [0.25, 0.3) is 0 Å². The standard InChI is InChI=1S/C70H136O6/c1-6-7-8-9-10-11-12-13-14-25-30-35-40-45-50-55-60-68(71)74-63-67(76-70(73)62-57-52-47-42-37-32-27-22-18-16-20-24-29-34-39-44-49-54-59-66(4)5)64-75-69(72)61-56-51-46-41-36-31-26-21-17-15-19-23-28-33-38-43-48-53-58-65(2)3/h65-67H,6-64H2,1-5H3/t67-/m0/s1. The average Bonchev–Trinajstić information content (AvgIpc) is 3.40. The molecule has 0 fully saturated rings. The molecule has 0 aliphatic carbocycles. The van der Waals surface area contributed by atoms with Gasteiger partial charge in [0.15, 0.2) is 6.10 Å². The number of ether oxygens (including phenoxy) is 3. The second kappa shape index (κ2) is 62.6. The second-order valence-corrected chi connectivity index (χ2v) is 25.1. The Kier molecular flexibility index (Phi) is 61.3. The van der Waals surface area contributed by atoms with Gasteiger partial charge in [-0.2, -0.15) is 0 Å². The molecule has 0 aromatic carbocycles. The van der Waals surface area contributed by atoms with Gasteiger partial charge in [0, 0.05) is 19.3 Å². The van der Waals surface area contributed by atoms with Gasteiger partial charge >= 0.3 is 17.9 Å². The smallest absolute Gasteiger partial charge is 0.306 e. The first-order valence-electron chi connectivity index (χ1n) is 34.7. The Bertz CT molecular complexity index is 1170. The third-order valence-corrected chi connectivity index (χ3v) is 16.2. The largest absolute Gasteiger partial charge is 0.462 e. The Morgan fingerprint density at radius 1 is 0.250 bits per heavy atom. The average molecular weight is 1070 g/mol. The van der Waals surface area contributed by atoms with E-state index in [2.05, 4.69) is 34.6 Å². The quantitative estimate of drug-likeness (QED) is 0.0343. The molecule has 0 saturated carbocycles. The van der Waals surface area contributed by atoms with Gasteiger partial charge in [0.1, 0.15) is 13.2 Å². The van der Waals surface area contributed by atoms with E-state index in [-0.39, 0.29) is 31.1 Å². The van der Waals surface area contributed by atoms with E-state index < -0.39 is 6.10 Å². The minimum absolute atomic E-state index is 0.0612. The third kappa shape index (κ3) is 63.2. The van der Waals surface area contributed by atoms with Crippen molar-refractivity contribution in [2.75, 3.05) is 13.2 Å². The number of hydrogen-bond donors (Lipinski definition) is 0. The molecule has 0 bridgehead atoms. The molecular formula is C70H136O6. The molecule has 0 rings (SSSR count). The summed E-state index contributed by atoms with van der Waals surface area (Å²) in [7, 11) is 0. The van der Waals surface area contributed by atoms with Crippen LogP contribution < -0.4 is 0 Å². The highest BCUT2D eigenvalue weighted by atomic mass is 16.6. The Hall–Kier alpha value is -1.59. The Morgan fingerprint density at radius 3 is 0.645 bits per heavy atom. The van der Waals surface area contributed by atoms with Gasteiger partial charge in [-0.25, -0.2) is 0 Å². The zero-order valence-corrected chi connectivity index (χ0v) is 52.4. The van der Waals surface area contributed by atoms with Crippen LogP contribution in [0.3, 0.4) is 0 Å². The van der Waals surface area contributed by atoms with Crippen molar-refractivity contribution in [2.45, 2.75) is 407 Å². The van der Waals surface area contributed by atoms with E-state index in [1.165, 1.54) is 289 Å². The van der Waals surface area contributed by atoms with Gasteiger partial charge in [0.25, 0.3) is 0 Å². The topological polar surface area (TPSA) is 78.9 Å². The molecule has 0 aromatic rings. The second-order valence-electron chi connectivity index (χ2n) is 25.1. The van der Waals surface area contributed by atoms with Crippen LogP contribution in [0.2, 0.25) is 0 Å². The van der Waals surface area contributed by atoms with Crippen LogP contribution >= 0.6 is 0 Å². The van der Waals surface area contributed by atoms with Crippen molar-refractivity contribution in [2.24, 2.45) is 11.8 Å². The Morgan fingerprint density at radius 2 is 0.434 bits per heavy atom. The molecule has 0 unspecified atom stereocenters. The number of rotatable bonds is 64. The Balaban J connectivity index is 4.26. The summed E-state index contributed by atoms with van der Waals surface area (Å²) in [5, 5.41) is 0. The number of carbonyl (C=O) groups is 3. The van der Waals surface area contributed by atoms with Gasteiger partial charge in [-0.05, 0) is 31.1 Å². The van der Waals surface area contributed by atoms with Gasteiger partial charge in [0.2, 0.25) is 0 Å². The van der Waals surface area contributed by atoms with E-state index in [0.29, 0.717) is 19.3 Å². The monoisotopic (exact) mass is 1070 g/mol. The number of carbonyl (C=O) groups excluding carboxylic acids is 3. The molecule has 0 saturated heterocycles. The van der Waals surface area contributed by atoms with Gasteiger partial charge in [-0.15, -0.1) is 0 Å². The zero-order valence-electron chi connectivity index (χ0n) is 52.4. The number of unbranched alkanes of at least 4 members (excludes halogenated alkanes) is 49.